The van der Waals surface area contributed by atoms with Crippen LogP contribution >= 0.6 is 0 Å². The number of aryl methyl sites for hydroxylation is 1. The first-order valence-corrected chi connectivity index (χ1v) is 5.94. The van der Waals surface area contributed by atoms with E-state index in [-0.39, 0.29) is 5.92 Å². The van der Waals surface area contributed by atoms with E-state index in [9.17, 15) is 5.11 Å². The SMILES string of the molecule is Cc1ccccc1CC(C)(O)C1CCOC1. The van der Waals surface area contributed by atoms with Crippen molar-refractivity contribution < 1.29 is 9.84 Å². The van der Waals surface area contributed by atoms with Crippen LogP contribution in [0.3, 0.4) is 0 Å². The van der Waals surface area contributed by atoms with Crippen LogP contribution in [0.2, 0.25) is 0 Å². The summed E-state index contributed by atoms with van der Waals surface area (Å²) in [6.45, 7) is 5.50. The Labute approximate surface area is 97.3 Å². The zero-order chi connectivity index (χ0) is 11.6. The van der Waals surface area contributed by atoms with Crippen molar-refractivity contribution in [2.24, 2.45) is 5.92 Å². The van der Waals surface area contributed by atoms with E-state index in [0.29, 0.717) is 13.0 Å². The van der Waals surface area contributed by atoms with Gasteiger partial charge < -0.3 is 9.84 Å². The maximum atomic E-state index is 10.5. The van der Waals surface area contributed by atoms with Gasteiger partial charge in [-0.3, -0.25) is 0 Å². The molecule has 0 aliphatic carbocycles. The lowest BCUT2D eigenvalue weighted by Crippen LogP contribution is -2.37. The molecule has 1 aliphatic rings. The van der Waals surface area contributed by atoms with Crippen molar-refractivity contribution in [1.82, 2.24) is 0 Å². The van der Waals surface area contributed by atoms with Crippen molar-refractivity contribution in [3.63, 3.8) is 0 Å². The van der Waals surface area contributed by atoms with Gasteiger partial charge in [0.05, 0.1) is 12.2 Å². The molecule has 1 aromatic rings. The largest absolute Gasteiger partial charge is 0.389 e. The zero-order valence-electron chi connectivity index (χ0n) is 10.1. The number of hydrogen-bond acceptors (Lipinski definition) is 2. The van der Waals surface area contributed by atoms with Gasteiger partial charge >= 0.3 is 0 Å². The second kappa shape index (κ2) is 4.56. The number of benzene rings is 1. The van der Waals surface area contributed by atoms with Gasteiger partial charge in [0, 0.05) is 18.9 Å². The predicted molar refractivity (Wildman–Crippen MR) is 64.4 cm³/mol. The summed E-state index contributed by atoms with van der Waals surface area (Å²) in [6.07, 6.45) is 1.69. The summed E-state index contributed by atoms with van der Waals surface area (Å²) < 4.78 is 5.35. The minimum atomic E-state index is -0.650. The van der Waals surface area contributed by atoms with Crippen LogP contribution in [-0.4, -0.2) is 23.9 Å². The van der Waals surface area contributed by atoms with Crippen LogP contribution in [0.15, 0.2) is 24.3 Å². The highest BCUT2D eigenvalue weighted by atomic mass is 16.5. The average Bonchev–Trinajstić information content (AvgIpc) is 2.75. The molecule has 88 valence electrons. The van der Waals surface area contributed by atoms with E-state index < -0.39 is 5.60 Å². The van der Waals surface area contributed by atoms with Gasteiger partial charge in [0.25, 0.3) is 0 Å². The van der Waals surface area contributed by atoms with Crippen LogP contribution in [0.4, 0.5) is 0 Å². The van der Waals surface area contributed by atoms with E-state index in [1.54, 1.807) is 0 Å². The third-order valence-corrected chi connectivity index (χ3v) is 3.62. The van der Waals surface area contributed by atoms with Crippen molar-refractivity contribution in [2.45, 2.75) is 32.3 Å². The van der Waals surface area contributed by atoms with Gasteiger partial charge in [-0.2, -0.15) is 0 Å². The Bertz CT molecular complexity index is 352. The van der Waals surface area contributed by atoms with Gasteiger partial charge in [-0.1, -0.05) is 24.3 Å². The Balaban J connectivity index is 2.10. The van der Waals surface area contributed by atoms with E-state index in [1.165, 1.54) is 11.1 Å². The molecule has 0 spiro atoms. The van der Waals surface area contributed by atoms with E-state index in [0.717, 1.165) is 13.0 Å². The molecule has 2 rings (SSSR count). The molecular weight excluding hydrogens is 200 g/mol. The fourth-order valence-electron chi connectivity index (χ4n) is 2.36. The first-order chi connectivity index (χ1) is 7.59. The molecule has 2 nitrogen and oxygen atoms in total. The molecule has 2 heteroatoms. The Hall–Kier alpha value is -0.860. The Morgan fingerprint density at radius 1 is 1.44 bits per heavy atom. The first kappa shape index (κ1) is 11.6. The summed E-state index contributed by atoms with van der Waals surface area (Å²) in [5.74, 6) is 0.270. The third-order valence-electron chi connectivity index (χ3n) is 3.62. The van der Waals surface area contributed by atoms with Crippen LogP contribution in [-0.2, 0) is 11.2 Å². The molecule has 2 atom stereocenters. The highest BCUT2D eigenvalue weighted by Gasteiger charge is 2.34. The van der Waals surface area contributed by atoms with Crippen LogP contribution in [0, 0.1) is 12.8 Å². The van der Waals surface area contributed by atoms with E-state index in [1.807, 2.05) is 19.1 Å². The van der Waals surface area contributed by atoms with E-state index in [4.69, 9.17) is 4.74 Å². The van der Waals surface area contributed by atoms with Crippen molar-refractivity contribution in [3.8, 4) is 0 Å². The summed E-state index contributed by atoms with van der Waals surface area (Å²) in [5.41, 5.74) is 1.84. The third kappa shape index (κ3) is 2.45. The van der Waals surface area contributed by atoms with Crippen LogP contribution < -0.4 is 0 Å². The molecule has 1 N–H and O–H groups in total. The average molecular weight is 220 g/mol. The maximum absolute atomic E-state index is 10.5. The molecule has 16 heavy (non-hydrogen) atoms. The van der Waals surface area contributed by atoms with Gasteiger partial charge in [-0.25, -0.2) is 0 Å². The second-order valence-electron chi connectivity index (χ2n) is 5.02. The monoisotopic (exact) mass is 220 g/mol. The van der Waals surface area contributed by atoms with Gasteiger partial charge in [-0.05, 0) is 31.4 Å². The molecular formula is C14H20O2. The molecule has 1 heterocycles. The second-order valence-corrected chi connectivity index (χ2v) is 5.02. The fraction of sp³-hybridized carbons (Fsp3) is 0.571. The first-order valence-electron chi connectivity index (χ1n) is 5.94. The summed E-state index contributed by atoms with van der Waals surface area (Å²) in [5, 5.41) is 10.5. The Morgan fingerprint density at radius 3 is 2.81 bits per heavy atom. The molecule has 1 saturated heterocycles. The molecule has 2 unspecified atom stereocenters. The summed E-state index contributed by atoms with van der Waals surface area (Å²) >= 11 is 0. The smallest absolute Gasteiger partial charge is 0.0710 e. The molecule has 1 aliphatic heterocycles. The Kier molecular flexibility index (Phi) is 3.31. The standard InChI is InChI=1S/C14H20O2/c1-11-5-3-4-6-12(11)9-14(2,15)13-7-8-16-10-13/h3-6,13,15H,7-10H2,1-2H3. The van der Waals surface area contributed by atoms with Gasteiger partial charge in [0.1, 0.15) is 0 Å². The van der Waals surface area contributed by atoms with Crippen LogP contribution in [0.25, 0.3) is 0 Å². The highest BCUT2D eigenvalue weighted by molar-refractivity contribution is 5.27. The van der Waals surface area contributed by atoms with Crippen LogP contribution in [0.1, 0.15) is 24.5 Å². The molecule has 0 bridgehead atoms. The molecule has 1 aromatic carbocycles. The molecule has 0 amide bonds. The van der Waals surface area contributed by atoms with Gasteiger partial charge in [-0.15, -0.1) is 0 Å². The van der Waals surface area contributed by atoms with Crippen molar-refractivity contribution in [3.05, 3.63) is 35.4 Å². The molecule has 0 saturated carbocycles. The van der Waals surface area contributed by atoms with Crippen molar-refractivity contribution in [1.29, 1.82) is 0 Å². The highest BCUT2D eigenvalue weighted by Crippen LogP contribution is 2.29. The summed E-state index contributed by atoms with van der Waals surface area (Å²) in [7, 11) is 0. The minimum absolute atomic E-state index is 0.270. The van der Waals surface area contributed by atoms with Crippen LogP contribution in [0.5, 0.6) is 0 Å². The lowest BCUT2D eigenvalue weighted by Gasteiger charge is -2.29. The Morgan fingerprint density at radius 2 is 2.19 bits per heavy atom. The van der Waals surface area contributed by atoms with Crippen molar-refractivity contribution in [2.75, 3.05) is 13.2 Å². The summed E-state index contributed by atoms with van der Waals surface area (Å²) in [4.78, 5) is 0. The van der Waals surface area contributed by atoms with Gasteiger partial charge in [0.15, 0.2) is 0 Å². The quantitative estimate of drug-likeness (QED) is 0.847. The predicted octanol–water partition coefficient (Wildman–Crippen LogP) is 2.33. The zero-order valence-corrected chi connectivity index (χ0v) is 10.1. The fourth-order valence-corrected chi connectivity index (χ4v) is 2.36. The molecule has 0 aromatic heterocycles. The maximum Gasteiger partial charge on any atom is 0.0710 e. The van der Waals surface area contributed by atoms with E-state index in [2.05, 4.69) is 19.1 Å². The molecule has 0 radical (unpaired) electrons. The van der Waals surface area contributed by atoms with Gasteiger partial charge in [0.2, 0.25) is 0 Å². The van der Waals surface area contributed by atoms with E-state index >= 15 is 0 Å². The normalized spacial score (nSPS) is 24.3. The number of hydrogen-bond donors (Lipinski definition) is 1. The number of ether oxygens (including phenoxy) is 1. The summed E-state index contributed by atoms with van der Waals surface area (Å²) in [6, 6.07) is 8.26. The minimum Gasteiger partial charge on any atom is -0.389 e. The lowest BCUT2D eigenvalue weighted by atomic mass is 9.82. The topological polar surface area (TPSA) is 29.5 Å². The number of rotatable bonds is 3. The molecule has 1 fully saturated rings. The number of aliphatic hydroxyl groups is 1. The lowest BCUT2D eigenvalue weighted by molar-refractivity contribution is -0.00465. The van der Waals surface area contributed by atoms with Crippen molar-refractivity contribution >= 4 is 0 Å².